The summed E-state index contributed by atoms with van der Waals surface area (Å²) in [5, 5.41) is 11.7. The van der Waals surface area contributed by atoms with Gasteiger partial charge >= 0.3 is 0 Å². The maximum Gasteiger partial charge on any atom is 0.272 e. The summed E-state index contributed by atoms with van der Waals surface area (Å²) in [6.07, 6.45) is 1.06. The molecule has 10 rings (SSSR count). The van der Waals surface area contributed by atoms with Crippen LogP contribution in [-0.2, 0) is 0 Å². The lowest BCUT2D eigenvalue weighted by atomic mass is 10.1. The van der Waals surface area contributed by atoms with Crippen LogP contribution in [0.2, 0.25) is 10.0 Å². The molecule has 16 nitrogen and oxygen atoms in total. The fraction of sp³-hybridized carbons (Fsp3) is 0.318. The third kappa shape index (κ3) is 37.3. The van der Waals surface area contributed by atoms with E-state index in [1.54, 1.807) is 97.3 Å². The van der Waals surface area contributed by atoms with Gasteiger partial charge in [-0.15, -0.1) is 0 Å². The van der Waals surface area contributed by atoms with Gasteiger partial charge in [0.2, 0.25) is 5.75 Å². The zero-order valence-corrected chi connectivity index (χ0v) is 68.4. The number of hydrogen-bond donors (Lipinski definition) is 0. The van der Waals surface area contributed by atoms with Crippen LogP contribution in [0.3, 0.4) is 0 Å². The van der Waals surface area contributed by atoms with E-state index < -0.39 is 0 Å². The second-order valence-electron chi connectivity index (χ2n) is 23.6. The van der Waals surface area contributed by atoms with Crippen LogP contribution in [0.15, 0.2) is 194 Å². The Morgan fingerprint density at radius 1 is 0.292 bits per heavy atom. The Morgan fingerprint density at radius 2 is 0.670 bits per heavy atom. The normalized spacial score (nSPS) is 9.46. The lowest BCUT2D eigenvalue weighted by Gasteiger charge is -2.12. The summed E-state index contributed by atoms with van der Waals surface area (Å²) in [5.74, 6) is 10.4. The molecular weight excluding hydrogens is 1380 g/mol. The maximum atomic E-state index is 10.4. The predicted molar refractivity (Wildman–Crippen MR) is 437 cm³/mol. The Bertz CT molecular complexity index is 4040. The largest absolute Gasteiger partial charge is 0.497 e. The van der Waals surface area contributed by atoms with Crippen LogP contribution in [0.25, 0.3) is 0 Å². The summed E-state index contributed by atoms with van der Waals surface area (Å²) in [6, 6.07) is 62.2. The van der Waals surface area contributed by atoms with E-state index in [0.717, 1.165) is 104 Å². The van der Waals surface area contributed by atoms with Crippen molar-refractivity contribution in [3.63, 3.8) is 0 Å². The van der Waals surface area contributed by atoms with E-state index in [1.807, 2.05) is 201 Å². The van der Waals surface area contributed by atoms with Gasteiger partial charge in [-0.3, -0.25) is 10.1 Å². The number of ether oxygens (including phenoxy) is 13. The second kappa shape index (κ2) is 53.4. The second-order valence-corrected chi connectivity index (χ2v) is 24.4. The van der Waals surface area contributed by atoms with Crippen LogP contribution >= 0.6 is 23.2 Å². The number of nitrogens with zero attached hydrogens (tertiary/aromatic N) is 1. The van der Waals surface area contributed by atoms with Crippen molar-refractivity contribution >= 4 is 28.9 Å². The Labute approximate surface area is 642 Å². The molecule has 0 fully saturated rings. The van der Waals surface area contributed by atoms with Gasteiger partial charge in [0.1, 0.15) is 46.0 Å². The highest BCUT2D eigenvalue weighted by atomic mass is 35.5. The molecule has 0 saturated carbocycles. The van der Waals surface area contributed by atoms with Crippen molar-refractivity contribution in [1.29, 1.82) is 0 Å². The number of nitro benzene ring substituents is 1. The highest BCUT2D eigenvalue weighted by Gasteiger charge is 2.12. The van der Waals surface area contributed by atoms with Gasteiger partial charge in [0.05, 0.1) is 106 Å². The van der Waals surface area contributed by atoms with Crippen LogP contribution in [-0.4, -0.2) is 96.3 Å². The summed E-state index contributed by atoms with van der Waals surface area (Å²) in [4.78, 5) is 10.0. The lowest BCUT2D eigenvalue weighted by molar-refractivity contribution is -0.385. The molecule has 18 heteroatoms. The minimum atomic E-state index is -0.359. The number of aryl methyl sites for hydroxylation is 12. The molecule has 0 saturated heterocycles. The Balaban J connectivity index is 0.000000590. The molecule has 0 heterocycles. The molecular formula is C88H113Cl2NO15. The van der Waals surface area contributed by atoms with Gasteiger partial charge in [-0.1, -0.05) is 120 Å². The van der Waals surface area contributed by atoms with E-state index in [-0.39, 0.29) is 10.6 Å². The van der Waals surface area contributed by atoms with Gasteiger partial charge < -0.3 is 61.6 Å². The quantitative estimate of drug-likeness (QED) is 0.0624. The molecule has 10 aromatic carbocycles. The minimum absolute atomic E-state index is 0.199. The summed E-state index contributed by atoms with van der Waals surface area (Å²) in [7, 11) is 18.0. The van der Waals surface area contributed by atoms with Crippen molar-refractivity contribution in [1.82, 2.24) is 0 Å². The number of halogens is 2. The topological polar surface area (TPSA) is 163 Å². The van der Waals surface area contributed by atoms with E-state index in [1.165, 1.54) is 27.8 Å². The number of benzene rings is 10. The summed E-state index contributed by atoms with van der Waals surface area (Å²) < 4.78 is 66.5. The predicted octanol–water partition coefficient (Wildman–Crippen LogP) is 23.1. The maximum absolute atomic E-state index is 10.4. The van der Waals surface area contributed by atoms with Crippen LogP contribution < -0.4 is 61.6 Å². The average molecular weight is 1500 g/mol. The van der Waals surface area contributed by atoms with E-state index in [2.05, 4.69) is 71.0 Å². The molecule has 0 aliphatic carbocycles. The fourth-order valence-electron chi connectivity index (χ4n) is 8.84. The van der Waals surface area contributed by atoms with Gasteiger partial charge in [0.15, 0.2) is 23.0 Å². The van der Waals surface area contributed by atoms with E-state index in [4.69, 9.17) is 84.8 Å². The van der Waals surface area contributed by atoms with Crippen molar-refractivity contribution < 1.29 is 66.5 Å². The zero-order valence-electron chi connectivity index (χ0n) is 66.9. The summed E-state index contributed by atoms with van der Waals surface area (Å²) in [6.45, 7) is 29.4. The number of rotatable bonds is 17. The third-order valence-electron chi connectivity index (χ3n) is 14.9. The first-order valence-electron chi connectivity index (χ1n) is 34.1. The van der Waals surface area contributed by atoms with Crippen LogP contribution in [0.4, 0.5) is 5.69 Å². The highest BCUT2D eigenvalue weighted by molar-refractivity contribution is 6.32. The summed E-state index contributed by atoms with van der Waals surface area (Å²) >= 11 is 11.7. The van der Waals surface area contributed by atoms with Crippen molar-refractivity contribution in [2.24, 2.45) is 0 Å². The first kappa shape index (κ1) is 93.6. The van der Waals surface area contributed by atoms with Gasteiger partial charge in [-0.2, -0.15) is 0 Å². The molecule has 0 bridgehead atoms. The Hall–Kier alpha value is -10.4. The monoisotopic (exact) mass is 1490 g/mol. The van der Waals surface area contributed by atoms with E-state index in [9.17, 15) is 10.1 Å². The number of methoxy groups -OCH3 is 11. The number of hydrogen-bond acceptors (Lipinski definition) is 15. The third-order valence-corrected chi connectivity index (χ3v) is 15.5. The zero-order chi connectivity index (χ0) is 79.7. The molecule has 10 aromatic rings. The minimum Gasteiger partial charge on any atom is -0.497 e. The SMILES string of the molecule is CCCOc1ccc(C)cc1.CCOc1ccc(C)cc1Cl.COc1cc(C)cc(OC)c1.COc1cc(C)cc(OC)c1OC.COc1ccc(C)cc1.COc1ccc(C)cc1Cl.COc1ccc(C)cc1OC.COc1ccc(OC)c(C)c1.Cc1ccc(C)c([N+](=O)[O-])c1.Cc1ccccc1C. The van der Waals surface area contributed by atoms with Gasteiger partial charge in [0, 0.05) is 17.7 Å². The molecule has 0 N–H and O–H groups in total. The van der Waals surface area contributed by atoms with Crippen LogP contribution in [0.5, 0.6) is 74.7 Å². The molecule has 0 aliphatic heterocycles. The smallest absolute Gasteiger partial charge is 0.272 e. The highest BCUT2D eigenvalue weighted by Crippen LogP contribution is 2.38. The fourth-order valence-corrected chi connectivity index (χ4v) is 9.44. The van der Waals surface area contributed by atoms with Crippen LogP contribution in [0.1, 0.15) is 87.0 Å². The van der Waals surface area contributed by atoms with Crippen molar-refractivity contribution in [3.05, 3.63) is 281 Å². The molecule has 0 radical (unpaired) electrons. The molecule has 106 heavy (non-hydrogen) atoms. The molecule has 0 atom stereocenters. The van der Waals surface area contributed by atoms with Crippen molar-refractivity contribution in [2.75, 3.05) is 91.4 Å². The molecule has 0 unspecified atom stereocenters. The molecule has 0 amide bonds. The average Bonchev–Trinajstić information content (AvgIpc) is 0.829. The molecule has 0 spiro atoms. The Kier molecular flexibility index (Phi) is 47.1. The van der Waals surface area contributed by atoms with Gasteiger partial charge in [-0.05, 0) is 250 Å². The standard InChI is InChI=1S/C10H14O3.C10H14O.C9H11ClO.3C9H12O2.C8H9ClO.C8H9NO2.C8H10O.C8H10/c1-7-5-8(11-2)10(13-4)9(6-7)12-3;1-3-8-11-10-6-4-9(2)5-7-10;1-3-11-9-5-4-7(2)6-8(9)10;1-7-4-8(10-2)6-9(5-7)11-3;1-7-6-8(10-2)4-5-9(7)11-3;1-7-4-5-8(10-2)9(6-7)11-3;1-6-3-4-8(10-2)7(9)5-6;1-6-3-4-7(2)8(5-6)9(10)11;1-7-3-5-8(9-2)6-4-7;1-7-5-3-4-6-8(7)2/h5-6H,1-4H3;4-7H,3,8H2,1-2H3;4-6H,3H2,1-2H3;3*4-6H,1-3H3;3-5H,1-2H3;3-5H,1-2H3;3-6H,1-2H3;3-6H,1-2H3. The van der Waals surface area contributed by atoms with Gasteiger partial charge in [-0.25, -0.2) is 0 Å². The first-order chi connectivity index (χ1) is 50.6. The van der Waals surface area contributed by atoms with Crippen molar-refractivity contribution in [3.8, 4) is 74.7 Å². The lowest BCUT2D eigenvalue weighted by Crippen LogP contribution is -1.95. The number of nitro groups is 1. The first-order valence-corrected chi connectivity index (χ1v) is 34.9. The van der Waals surface area contributed by atoms with Gasteiger partial charge in [0.25, 0.3) is 5.69 Å². The molecule has 0 aromatic heterocycles. The van der Waals surface area contributed by atoms with Crippen molar-refractivity contribution in [2.45, 2.75) is 103 Å². The van der Waals surface area contributed by atoms with E-state index in [0.29, 0.717) is 39.5 Å². The molecule has 574 valence electrons. The molecule has 0 aliphatic rings. The Morgan fingerprint density at radius 3 is 1.06 bits per heavy atom. The van der Waals surface area contributed by atoms with Crippen LogP contribution in [0, 0.1) is 93.2 Å². The van der Waals surface area contributed by atoms with E-state index >= 15 is 0 Å². The summed E-state index contributed by atoms with van der Waals surface area (Å²) in [5.41, 5.74) is 13.9.